The number of carbonyl (C=O) groups is 1. The maximum absolute atomic E-state index is 12.9. The van der Waals surface area contributed by atoms with Crippen molar-refractivity contribution in [3.63, 3.8) is 0 Å². The molecule has 5 heteroatoms. The smallest absolute Gasteiger partial charge is 0.141 e. The molecule has 0 spiro atoms. The Bertz CT molecular complexity index is 551. The van der Waals surface area contributed by atoms with Gasteiger partial charge in [-0.3, -0.25) is 4.79 Å². The first kappa shape index (κ1) is 21.8. The van der Waals surface area contributed by atoms with Crippen molar-refractivity contribution >= 4 is 5.78 Å². The van der Waals surface area contributed by atoms with Crippen LogP contribution in [0.1, 0.15) is 83.5 Å². The Balaban J connectivity index is 1.65. The van der Waals surface area contributed by atoms with E-state index in [4.69, 9.17) is 4.74 Å². The molecule has 0 saturated heterocycles. The molecule has 3 aliphatic rings. The van der Waals surface area contributed by atoms with Gasteiger partial charge in [-0.15, -0.1) is 0 Å². The Morgan fingerprint density at radius 2 is 1.79 bits per heavy atom. The van der Waals surface area contributed by atoms with Crippen molar-refractivity contribution in [2.45, 2.75) is 102 Å². The first-order valence-electron chi connectivity index (χ1n) is 11.3. The number of carbonyl (C=O) groups excluding carboxylic acids is 1. The highest BCUT2D eigenvalue weighted by atomic mass is 16.5. The molecule has 160 valence electrons. The first-order chi connectivity index (χ1) is 13.5. The van der Waals surface area contributed by atoms with E-state index in [2.05, 4.69) is 0 Å². The highest BCUT2D eigenvalue weighted by Gasteiger charge is 2.47. The summed E-state index contributed by atoms with van der Waals surface area (Å²) in [5, 5.41) is 31.9. The van der Waals surface area contributed by atoms with Gasteiger partial charge in [-0.2, -0.15) is 0 Å². The zero-order valence-electron chi connectivity index (χ0n) is 17.3. The van der Waals surface area contributed by atoms with Crippen LogP contribution in [0.5, 0.6) is 0 Å². The van der Waals surface area contributed by atoms with Crippen molar-refractivity contribution in [2.75, 3.05) is 7.11 Å². The third kappa shape index (κ3) is 5.17. The van der Waals surface area contributed by atoms with Crippen LogP contribution in [0.2, 0.25) is 0 Å². The third-order valence-corrected chi connectivity index (χ3v) is 7.40. The summed E-state index contributed by atoms with van der Waals surface area (Å²) < 4.78 is 5.57. The summed E-state index contributed by atoms with van der Waals surface area (Å²) in [5.74, 6) is 0.0626. The minimum Gasteiger partial charge on any atom is -0.512 e. The summed E-state index contributed by atoms with van der Waals surface area (Å²) >= 11 is 0. The molecule has 0 aromatic heterocycles. The number of methoxy groups -OCH3 is 1. The number of ether oxygens (including phenoxy) is 1. The van der Waals surface area contributed by atoms with Gasteiger partial charge in [-0.25, -0.2) is 0 Å². The van der Waals surface area contributed by atoms with Crippen molar-refractivity contribution < 1.29 is 24.9 Å². The molecular formula is C23H38O5. The topological polar surface area (TPSA) is 87.0 Å². The summed E-state index contributed by atoms with van der Waals surface area (Å²) in [4.78, 5) is 12.9. The van der Waals surface area contributed by atoms with E-state index >= 15 is 0 Å². The molecule has 0 heterocycles. The minimum atomic E-state index is -0.921. The maximum Gasteiger partial charge on any atom is 0.141 e. The van der Waals surface area contributed by atoms with Crippen LogP contribution in [0.25, 0.3) is 0 Å². The van der Waals surface area contributed by atoms with Gasteiger partial charge < -0.3 is 20.1 Å². The molecule has 28 heavy (non-hydrogen) atoms. The molecule has 5 unspecified atom stereocenters. The van der Waals surface area contributed by atoms with Crippen LogP contribution in [-0.2, 0) is 9.53 Å². The molecule has 0 aliphatic heterocycles. The van der Waals surface area contributed by atoms with Gasteiger partial charge in [0.25, 0.3) is 0 Å². The summed E-state index contributed by atoms with van der Waals surface area (Å²) in [6.07, 6.45) is 9.95. The monoisotopic (exact) mass is 394 g/mol. The molecule has 3 rings (SSSR count). The van der Waals surface area contributed by atoms with Gasteiger partial charge in [0.15, 0.2) is 0 Å². The standard InChI is InChI=1S/C23H38O5/c1-28-21-14-20(26)22(19(25)12-11-15-7-3-2-4-8-15)23(27)17(21)13-16-9-5-6-10-18(16)24/h15,17,20-24,26-27H,2-14H2,1H3. The van der Waals surface area contributed by atoms with Crippen LogP contribution in [0, 0.1) is 17.8 Å². The summed E-state index contributed by atoms with van der Waals surface area (Å²) in [7, 11) is 1.59. The summed E-state index contributed by atoms with van der Waals surface area (Å²) in [6, 6.07) is 0. The van der Waals surface area contributed by atoms with Crippen LogP contribution in [0.4, 0.5) is 0 Å². The number of aliphatic hydroxyl groups excluding tert-OH is 3. The second-order valence-electron chi connectivity index (χ2n) is 9.23. The number of hydrogen-bond acceptors (Lipinski definition) is 5. The molecule has 3 aliphatic carbocycles. The molecule has 3 N–H and O–H groups in total. The molecule has 0 aromatic carbocycles. The van der Waals surface area contributed by atoms with Crippen LogP contribution in [-0.4, -0.2) is 46.5 Å². The molecule has 5 nitrogen and oxygen atoms in total. The first-order valence-corrected chi connectivity index (χ1v) is 11.3. The second kappa shape index (κ2) is 10.2. The fraction of sp³-hybridized carbons (Fsp3) is 0.870. The highest BCUT2D eigenvalue weighted by molar-refractivity contribution is 5.82. The summed E-state index contributed by atoms with van der Waals surface area (Å²) in [5.41, 5.74) is 0.988. The quantitative estimate of drug-likeness (QED) is 0.606. The van der Waals surface area contributed by atoms with Gasteiger partial charge in [0.2, 0.25) is 0 Å². The van der Waals surface area contributed by atoms with Crippen LogP contribution in [0.3, 0.4) is 0 Å². The maximum atomic E-state index is 12.9. The zero-order chi connectivity index (χ0) is 20.1. The largest absolute Gasteiger partial charge is 0.512 e. The van der Waals surface area contributed by atoms with Gasteiger partial charge in [0.05, 0.1) is 30.0 Å². The van der Waals surface area contributed by atoms with E-state index in [1.54, 1.807) is 7.11 Å². The van der Waals surface area contributed by atoms with E-state index in [1.807, 2.05) is 0 Å². The number of rotatable bonds is 7. The predicted molar refractivity (Wildman–Crippen MR) is 108 cm³/mol. The molecule has 2 fully saturated rings. The van der Waals surface area contributed by atoms with Crippen LogP contribution in [0.15, 0.2) is 11.3 Å². The Morgan fingerprint density at radius 3 is 2.46 bits per heavy atom. The van der Waals surface area contributed by atoms with Crippen molar-refractivity contribution in [3.05, 3.63) is 11.3 Å². The summed E-state index contributed by atoms with van der Waals surface area (Å²) in [6.45, 7) is 0. The third-order valence-electron chi connectivity index (χ3n) is 7.40. The van der Waals surface area contributed by atoms with E-state index < -0.39 is 18.1 Å². The fourth-order valence-corrected chi connectivity index (χ4v) is 5.65. The Hall–Kier alpha value is -0.910. The number of hydrogen-bond donors (Lipinski definition) is 3. The van der Waals surface area contributed by atoms with Crippen LogP contribution >= 0.6 is 0 Å². The average Bonchev–Trinajstić information content (AvgIpc) is 2.70. The molecule has 0 aromatic rings. The highest BCUT2D eigenvalue weighted by Crippen LogP contribution is 2.39. The SMILES string of the molecule is COC1CC(O)C(C(=O)CCC2CCCCC2)C(O)C1CC1=C(O)CCCC1. The molecule has 5 atom stereocenters. The second-order valence-corrected chi connectivity index (χ2v) is 9.23. The lowest BCUT2D eigenvalue weighted by molar-refractivity contribution is -0.152. The normalized spacial score (nSPS) is 35.2. The van der Waals surface area contributed by atoms with E-state index in [1.165, 1.54) is 32.1 Å². The lowest BCUT2D eigenvalue weighted by Crippen LogP contribution is -2.53. The van der Waals surface area contributed by atoms with Crippen molar-refractivity contribution in [3.8, 4) is 0 Å². The number of aliphatic hydroxyl groups is 3. The van der Waals surface area contributed by atoms with Gasteiger partial charge in [-0.1, -0.05) is 32.1 Å². The van der Waals surface area contributed by atoms with E-state index in [0.717, 1.165) is 31.3 Å². The van der Waals surface area contributed by atoms with E-state index in [0.29, 0.717) is 37.4 Å². The van der Waals surface area contributed by atoms with Gasteiger partial charge in [-0.05, 0) is 43.6 Å². The Kier molecular flexibility index (Phi) is 7.95. The van der Waals surface area contributed by atoms with Crippen molar-refractivity contribution in [2.24, 2.45) is 17.8 Å². The fourth-order valence-electron chi connectivity index (χ4n) is 5.65. The Morgan fingerprint density at radius 1 is 1.07 bits per heavy atom. The lowest BCUT2D eigenvalue weighted by Gasteiger charge is -2.42. The molecule has 0 amide bonds. The van der Waals surface area contributed by atoms with E-state index in [9.17, 15) is 20.1 Å². The molecular weight excluding hydrogens is 356 g/mol. The van der Waals surface area contributed by atoms with Crippen molar-refractivity contribution in [1.29, 1.82) is 0 Å². The zero-order valence-corrected chi connectivity index (χ0v) is 17.3. The average molecular weight is 395 g/mol. The minimum absolute atomic E-state index is 0.00743. The van der Waals surface area contributed by atoms with Crippen molar-refractivity contribution in [1.82, 2.24) is 0 Å². The van der Waals surface area contributed by atoms with Gasteiger partial charge in [0.1, 0.15) is 5.78 Å². The number of ketones is 1. The lowest BCUT2D eigenvalue weighted by atomic mass is 9.69. The van der Waals surface area contributed by atoms with E-state index in [-0.39, 0.29) is 17.8 Å². The Labute approximate surface area is 169 Å². The van der Waals surface area contributed by atoms with Crippen LogP contribution < -0.4 is 0 Å². The van der Waals surface area contributed by atoms with Gasteiger partial charge in [0, 0.05) is 32.3 Å². The molecule has 2 saturated carbocycles. The number of allylic oxidation sites excluding steroid dienone is 2. The molecule has 0 radical (unpaired) electrons. The van der Waals surface area contributed by atoms with Gasteiger partial charge >= 0.3 is 0 Å². The number of Topliss-reactive ketones (excluding diaryl/α,β-unsaturated/α-hetero) is 1. The molecule has 0 bridgehead atoms. The predicted octanol–water partition coefficient (Wildman–Crippen LogP) is 4.07.